The van der Waals surface area contributed by atoms with E-state index < -0.39 is 0 Å². The predicted octanol–water partition coefficient (Wildman–Crippen LogP) is 1.86. The highest BCUT2D eigenvalue weighted by Gasteiger charge is 2.10. The van der Waals surface area contributed by atoms with Crippen molar-refractivity contribution < 1.29 is 5.21 Å². The normalized spacial score (nSPS) is 15.8. The van der Waals surface area contributed by atoms with Crippen LogP contribution in [0.4, 0.5) is 0 Å². The quantitative estimate of drug-likeness (QED) is 0.307. The summed E-state index contributed by atoms with van der Waals surface area (Å²) in [5.74, 6) is 0.250. The molecule has 1 aromatic carbocycles. The van der Waals surface area contributed by atoms with Crippen LogP contribution in [-0.2, 0) is 0 Å². The summed E-state index contributed by atoms with van der Waals surface area (Å²) in [7, 11) is 0. The number of hydrogen-bond acceptors (Lipinski definition) is 3. The average Bonchev–Trinajstić information content (AvgIpc) is 2.29. The summed E-state index contributed by atoms with van der Waals surface area (Å²) in [5.41, 5.74) is 6.68. The molecule has 0 aliphatic rings. The lowest BCUT2D eigenvalue weighted by Gasteiger charge is -2.19. The first-order valence-electron chi connectivity index (χ1n) is 5.41. The molecule has 0 spiro atoms. The molecule has 0 bridgehead atoms. The Labute approximate surface area is 96.2 Å². The van der Waals surface area contributed by atoms with Crippen LogP contribution in [0.25, 0.3) is 0 Å². The van der Waals surface area contributed by atoms with Crippen LogP contribution in [0.5, 0.6) is 0 Å². The monoisotopic (exact) mass is 221 g/mol. The van der Waals surface area contributed by atoms with Crippen LogP contribution in [0.2, 0.25) is 0 Å². The largest absolute Gasteiger partial charge is 0.409 e. The summed E-state index contributed by atoms with van der Waals surface area (Å²) in [5, 5.41) is 14.8. The van der Waals surface area contributed by atoms with E-state index in [1.54, 1.807) is 0 Å². The summed E-state index contributed by atoms with van der Waals surface area (Å²) in [6.07, 6.45) is 0.535. The number of nitrogens with two attached hydrogens (primary N) is 1. The van der Waals surface area contributed by atoms with E-state index in [9.17, 15) is 0 Å². The van der Waals surface area contributed by atoms with Crippen molar-refractivity contribution in [1.29, 1.82) is 0 Å². The minimum atomic E-state index is 0.172. The molecule has 2 unspecified atom stereocenters. The fraction of sp³-hybridized carbons (Fsp3) is 0.417. The fourth-order valence-electron chi connectivity index (χ4n) is 1.68. The second-order valence-corrected chi connectivity index (χ2v) is 4.00. The number of hydrogen-bond donors (Lipinski definition) is 3. The number of benzene rings is 1. The highest BCUT2D eigenvalue weighted by atomic mass is 16.4. The molecule has 1 rings (SSSR count). The van der Waals surface area contributed by atoms with Crippen LogP contribution in [0.1, 0.15) is 31.9 Å². The van der Waals surface area contributed by atoms with E-state index in [2.05, 4.69) is 29.5 Å². The molecule has 0 heterocycles. The molecule has 0 aromatic heterocycles. The Morgan fingerprint density at radius 1 is 1.38 bits per heavy atom. The van der Waals surface area contributed by atoms with Crippen molar-refractivity contribution >= 4 is 5.84 Å². The summed E-state index contributed by atoms with van der Waals surface area (Å²) in [4.78, 5) is 0. The van der Waals surface area contributed by atoms with Gasteiger partial charge in [-0.05, 0) is 19.4 Å². The van der Waals surface area contributed by atoms with Gasteiger partial charge in [0.05, 0.1) is 0 Å². The number of oxime groups is 1. The van der Waals surface area contributed by atoms with Crippen molar-refractivity contribution in [3.63, 3.8) is 0 Å². The van der Waals surface area contributed by atoms with Crippen LogP contribution >= 0.6 is 0 Å². The molecule has 0 aliphatic carbocycles. The van der Waals surface area contributed by atoms with Gasteiger partial charge in [-0.1, -0.05) is 35.5 Å². The molecule has 2 atom stereocenters. The van der Waals surface area contributed by atoms with E-state index in [0.717, 1.165) is 0 Å². The molecule has 88 valence electrons. The lowest BCUT2D eigenvalue weighted by molar-refractivity contribution is 0.315. The van der Waals surface area contributed by atoms with E-state index in [1.165, 1.54) is 5.56 Å². The van der Waals surface area contributed by atoms with Crippen molar-refractivity contribution in [1.82, 2.24) is 5.32 Å². The molecule has 0 aliphatic heterocycles. The van der Waals surface area contributed by atoms with E-state index in [0.29, 0.717) is 6.42 Å². The maximum atomic E-state index is 8.47. The van der Waals surface area contributed by atoms with Crippen molar-refractivity contribution in [2.24, 2.45) is 10.9 Å². The Balaban J connectivity index is 2.48. The van der Waals surface area contributed by atoms with Crippen molar-refractivity contribution in [3.05, 3.63) is 35.9 Å². The Hall–Kier alpha value is -1.55. The molecular weight excluding hydrogens is 202 g/mol. The molecule has 4 N–H and O–H groups in total. The van der Waals surface area contributed by atoms with Gasteiger partial charge in [-0.3, -0.25) is 0 Å². The molecular formula is C12H19N3O. The lowest BCUT2D eigenvalue weighted by Crippen LogP contribution is -2.33. The van der Waals surface area contributed by atoms with Gasteiger partial charge in [-0.15, -0.1) is 0 Å². The molecule has 16 heavy (non-hydrogen) atoms. The zero-order valence-electron chi connectivity index (χ0n) is 9.72. The molecule has 4 nitrogen and oxygen atoms in total. The van der Waals surface area contributed by atoms with Gasteiger partial charge in [-0.2, -0.15) is 0 Å². The summed E-state index contributed by atoms with van der Waals surface area (Å²) in [6, 6.07) is 10.6. The fourth-order valence-corrected chi connectivity index (χ4v) is 1.68. The highest BCUT2D eigenvalue weighted by molar-refractivity contribution is 5.80. The van der Waals surface area contributed by atoms with Gasteiger partial charge in [0.15, 0.2) is 0 Å². The highest BCUT2D eigenvalue weighted by Crippen LogP contribution is 2.12. The summed E-state index contributed by atoms with van der Waals surface area (Å²) in [6.45, 7) is 4.11. The molecule has 0 saturated carbocycles. The zero-order valence-corrected chi connectivity index (χ0v) is 9.72. The van der Waals surface area contributed by atoms with E-state index >= 15 is 0 Å². The van der Waals surface area contributed by atoms with Crippen molar-refractivity contribution in [2.75, 3.05) is 0 Å². The standard InChI is InChI=1S/C12H19N3O/c1-9(8-12(13)15-16)14-10(2)11-6-4-3-5-7-11/h3-7,9-10,14,16H,8H2,1-2H3,(H2,13,15). The maximum Gasteiger partial charge on any atom is 0.140 e. The van der Waals surface area contributed by atoms with Crippen LogP contribution in [0, 0.1) is 0 Å². The smallest absolute Gasteiger partial charge is 0.140 e. The number of amidine groups is 1. The van der Waals surface area contributed by atoms with E-state index in [1.807, 2.05) is 25.1 Å². The Bertz CT molecular complexity index is 337. The van der Waals surface area contributed by atoms with Gasteiger partial charge in [0, 0.05) is 18.5 Å². The molecule has 0 radical (unpaired) electrons. The average molecular weight is 221 g/mol. The van der Waals surface area contributed by atoms with Crippen LogP contribution in [-0.4, -0.2) is 17.1 Å². The summed E-state index contributed by atoms with van der Waals surface area (Å²) < 4.78 is 0. The maximum absolute atomic E-state index is 8.47. The lowest BCUT2D eigenvalue weighted by atomic mass is 10.1. The van der Waals surface area contributed by atoms with Gasteiger partial charge in [0.1, 0.15) is 5.84 Å². The molecule has 0 saturated heterocycles. The van der Waals surface area contributed by atoms with Crippen molar-refractivity contribution in [3.8, 4) is 0 Å². The number of rotatable bonds is 5. The predicted molar refractivity (Wildman–Crippen MR) is 65.5 cm³/mol. The van der Waals surface area contributed by atoms with E-state index in [-0.39, 0.29) is 17.9 Å². The molecule has 4 heteroatoms. The van der Waals surface area contributed by atoms with Gasteiger partial charge in [-0.25, -0.2) is 0 Å². The topological polar surface area (TPSA) is 70.6 Å². The third-order valence-electron chi connectivity index (χ3n) is 2.48. The first-order chi connectivity index (χ1) is 7.63. The Kier molecular flexibility index (Phi) is 4.79. The van der Waals surface area contributed by atoms with Crippen LogP contribution in [0.15, 0.2) is 35.5 Å². The second-order valence-electron chi connectivity index (χ2n) is 4.00. The number of nitrogens with zero attached hydrogens (tertiary/aromatic N) is 1. The first-order valence-corrected chi connectivity index (χ1v) is 5.41. The third-order valence-corrected chi connectivity index (χ3v) is 2.48. The second kappa shape index (κ2) is 6.12. The van der Waals surface area contributed by atoms with Crippen LogP contribution < -0.4 is 11.1 Å². The van der Waals surface area contributed by atoms with Crippen molar-refractivity contribution in [2.45, 2.75) is 32.4 Å². The number of nitrogens with one attached hydrogen (secondary N) is 1. The SMILES string of the molecule is CC(CC(N)=NO)NC(C)c1ccccc1. The molecule has 0 fully saturated rings. The molecule has 0 amide bonds. The van der Waals surface area contributed by atoms with Gasteiger partial charge in [0.25, 0.3) is 0 Å². The minimum Gasteiger partial charge on any atom is -0.409 e. The van der Waals surface area contributed by atoms with Gasteiger partial charge < -0.3 is 16.3 Å². The third kappa shape index (κ3) is 3.90. The molecule has 1 aromatic rings. The minimum absolute atomic E-state index is 0.172. The van der Waals surface area contributed by atoms with Gasteiger partial charge >= 0.3 is 0 Å². The van der Waals surface area contributed by atoms with Crippen LogP contribution in [0.3, 0.4) is 0 Å². The van der Waals surface area contributed by atoms with E-state index in [4.69, 9.17) is 10.9 Å². The Morgan fingerprint density at radius 3 is 2.56 bits per heavy atom. The summed E-state index contributed by atoms with van der Waals surface area (Å²) >= 11 is 0. The Morgan fingerprint density at radius 2 is 2.00 bits per heavy atom. The first kappa shape index (κ1) is 12.5. The van der Waals surface area contributed by atoms with Gasteiger partial charge in [0.2, 0.25) is 0 Å². The zero-order chi connectivity index (χ0) is 12.0.